The Labute approximate surface area is 164 Å². The van der Waals surface area contributed by atoms with Crippen LogP contribution in [0.5, 0.6) is 0 Å². The van der Waals surface area contributed by atoms with Crippen LogP contribution in [-0.4, -0.2) is 25.5 Å². The van der Waals surface area contributed by atoms with Gasteiger partial charge >= 0.3 is 0 Å². The lowest BCUT2D eigenvalue weighted by Crippen LogP contribution is -2.43. The van der Waals surface area contributed by atoms with Crippen molar-refractivity contribution in [2.75, 3.05) is 19.6 Å². The summed E-state index contributed by atoms with van der Waals surface area (Å²) in [6.45, 7) is 5.10. The molecular formula is C19H25ClN2OS2. The van der Waals surface area contributed by atoms with Crippen molar-refractivity contribution in [3.63, 3.8) is 0 Å². The van der Waals surface area contributed by atoms with Crippen molar-refractivity contribution in [3.8, 4) is 0 Å². The van der Waals surface area contributed by atoms with Gasteiger partial charge in [-0.05, 0) is 54.9 Å². The van der Waals surface area contributed by atoms with Gasteiger partial charge in [-0.25, -0.2) is 0 Å². The second-order valence-corrected chi connectivity index (χ2v) is 8.66. The zero-order valence-electron chi connectivity index (χ0n) is 14.4. The van der Waals surface area contributed by atoms with E-state index < -0.39 is 0 Å². The summed E-state index contributed by atoms with van der Waals surface area (Å²) in [5.41, 5.74) is 0.997. The molecule has 0 bridgehead atoms. The third-order valence-electron chi connectivity index (χ3n) is 4.57. The predicted molar refractivity (Wildman–Crippen MR) is 110 cm³/mol. The molecule has 3 rings (SSSR count). The van der Waals surface area contributed by atoms with E-state index in [0.29, 0.717) is 0 Å². The number of hydrogen-bond acceptors (Lipinski definition) is 4. The lowest BCUT2D eigenvalue weighted by molar-refractivity contribution is 0.0919. The number of carbonyl (C=O) groups excluding carboxylic acids is 1. The van der Waals surface area contributed by atoms with Crippen LogP contribution in [0.15, 0.2) is 46.7 Å². The van der Waals surface area contributed by atoms with Crippen LogP contribution >= 0.6 is 35.5 Å². The summed E-state index contributed by atoms with van der Waals surface area (Å²) in [4.78, 5) is 15.1. The van der Waals surface area contributed by atoms with Gasteiger partial charge < -0.3 is 10.6 Å². The van der Waals surface area contributed by atoms with Crippen molar-refractivity contribution in [2.24, 2.45) is 5.41 Å². The van der Waals surface area contributed by atoms with Gasteiger partial charge in [-0.1, -0.05) is 25.1 Å². The Bertz CT molecular complexity index is 670. The van der Waals surface area contributed by atoms with E-state index >= 15 is 0 Å². The molecule has 1 aliphatic rings. The molecule has 2 N–H and O–H groups in total. The summed E-state index contributed by atoms with van der Waals surface area (Å²) in [6.07, 6.45) is 2.23. The second-order valence-electron chi connectivity index (χ2n) is 6.61. The average molecular weight is 397 g/mol. The molecule has 2 heterocycles. The third-order valence-corrected chi connectivity index (χ3v) is 6.75. The SMILES string of the molecule is CC1(CNC(=O)c2ccccc2SCc2cccs2)CCNCC1.Cl. The highest BCUT2D eigenvalue weighted by Crippen LogP contribution is 2.29. The zero-order chi connectivity index (χ0) is 16.8. The number of hydrogen-bond donors (Lipinski definition) is 2. The fraction of sp³-hybridized carbons (Fsp3) is 0.421. The lowest BCUT2D eigenvalue weighted by Gasteiger charge is -2.34. The fourth-order valence-electron chi connectivity index (χ4n) is 2.92. The average Bonchev–Trinajstić information content (AvgIpc) is 3.12. The topological polar surface area (TPSA) is 41.1 Å². The van der Waals surface area contributed by atoms with Crippen LogP contribution in [0.1, 0.15) is 35.0 Å². The minimum atomic E-state index is 0. The highest BCUT2D eigenvalue weighted by molar-refractivity contribution is 7.98. The Morgan fingerprint density at radius 3 is 2.72 bits per heavy atom. The summed E-state index contributed by atoms with van der Waals surface area (Å²) in [5.74, 6) is 0.953. The predicted octanol–water partition coefficient (Wildman–Crippen LogP) is 4.58. The van der Waals surface area contributed by atoms with Crippen molar-refractivity contribution in [3.05, 3.63) is 52.2 Å². The summed E-state index contributed by atoms with van der Waals surface area (Å²) >= 11 is 3.49. The number of carbonyl (C=O) groups is 1. The maximum Gasteiger partial charge on any atom is 0.252 e. The molecule has 3 nitrogen and oxygen atoms in total. The molecule has 1 amide bonds. The molecule has 0 aliphatic carbocycles. The maximum atomic E-state index is 12.7. The number of thioether (sulfide) groups is 1. The standard InChI is InChI=1S/C19H24N2OS2.ClH/c1-19(8-10-20-11-9-19)14-21-18(22)16-6-2-3-7-17(16)24-13-15-5-4-12-23-15;/h2-7,12,20H,8-11,13-14H2,1H3,(H,21,22);1H. The Hall–Kier alpha value is -1.01. The number of nitrogens with one attached hydrogen (secondary N) is 2. The van der Waals surface area contributed by atoms with Crippen molar-refractivity contribution in [1.82, 2.24) is 10.6 Å². The monoisotopic (exact) mass is 396 g/mol. The van der Waals surface area contributed by atoms with Gasteiger partial charge in [-0.15, -0.1) is 35.5 Å². The lowest BCUT2D eigenvalue weighted by atomic mass is 9.81. The van der Waals surface area contributed by atoms with Gasteiger partial charge in [0.2, 0.25) is 0 Å². The smallest absolute Gasteiger partial charge is 0.252 e. The molecule has 0 radical (unpaired) electrons. The van der Waals surface area contributed by atoms with Crippen molar-refractivity contribution in [2.45, 2.75) is 30.4 Å². The van der Waals surface area contributed by atoms with Crippen molar-refractivity contribution in [1.29, 1.82) is 0 Å². The van der Waals surface area contributed by atoms with Gasteiger partial charge in [0.25, 0.3) is 5.91 Å². The first-order valence-corrected chi connectivity index (χ1v) is 10.3. The number of rotatable bonds is 6. The van der Waals surface area contributed by atoms with Crippen LogP contribution in [0.25, 0.3) is 0 Å². The van der Waals surface area contributed by atoms with Crippen LogP contribution in [-0.2, 0) is 5.75 Å². The Morgan fingerprint density at radius 2 is 2.00 bits per heavy atom. The first-order chi connectivity index (χ1) is 11.7. The Morgan fingerprint density at radius 1 is 1.24 bits per heavy atom. The molecule has 25 heavy (non-hydrogen) atoms. The van der Waals surface area contributed by atoms with E-state index in [1.54, 1.807) is 23.1 Å². The zero-order valence-corrected chi connectivity index (χ0v) is 16.9. The van der Waals surface area contributed by atoms with Crippen LogP contribution in [0, 0.1) is 5.41 Å². The van der Waals surface area contributed by atoms with Crippen LogP contribution < -0.4 is 10.6 Å². The molecule has 1 fully saturated rings. The largest absolute Gasteiger partial charge is 0.351 e. The van der Waals surface area contributed by atoms with E-state index in [2.05, 4.69) is 35.1 Å². The minimum Gasteiger partial charge on any atom is -0.351 e. The van der Waals surface area contributed by atoms with Crippen molar-refractivity contribution < 1.29 is 4.79 Å². The quantitative estimate of drug-likeness (QED) is 0.702. The second kappa shape index (κ2) is 9.62. The Kier molecular flexibility index (Phi) is 7.81. The third kappa shape index (κ3) is 5.74. The summed E-state index contributed by atoms with van der Waals surface area (Å²) < 4.78 is 0. The molecule has 6 heteroatoms. The van der Waals surface area contributed by atoms with Crippen LogP contribution in [0.3, 0.4) is 0 Å². The Balaban J connectivity index is 0.00000225. The molecule has 0 unspecified atom stereocenters. The van der Waals surface area contributed by atoms with Gasteiger partial charge in [0.15, 0.2) is 0 Å². The molecule has 0 spiro atoms. The molecule has 0 atom stereocenters. The first kappa shape index (κ1) is 20.3. The van der Waals surface area contributed by atoms with Gasteiger partial charge in [-0.2, -0.15) is 0 Å². The number of benzene rings is 1. The molecule has 1 aromatic heterocycles. The van der Waals surface area contributed by atoms with E-state index in [4.69, 9.17) is 0 Å². The van der Waals surface area contributed by atoms with E-state index in [1.165, 1.54) is 4.88 Å². The molecule has 1 aliphatic heterocycles. The fourth-order valence-corrected chi connectivity index (χ4v) is 4.74. The number of halogens is 1. The van der Waals surface area contributed by atoms with E-state index in [0.717, 1.165) is 48.7 Å². The van der Waals surface area contributed by atoms with E-state index in [9.17, 15) is 4.79 Å². The van der Waals surface area contributed by atoms with Crippen LogP contribution in [0.2, 0.25) is 0 Å². The first-order valence-electron chi connectivity index (χ1n) is 8.39. The van der Waals surface area contributed by atoms with Gasteiger partial charge in [0, 0.05) is 22.1 Å². The molecule has 1 saturated heterocycles. The van der Waals surface area contributed by atoms with E-state index in [-0.39, 0.29) is 23.7 Å². The van der Waals surface area contributed by atoms with Gasteiger partial charge in [0.1, 0.15) is 0 Å². The molecule has 1 aromatic carbocycles. The highest BCUT2D eigenvalue weighted by atomic mass is 35.5. The summed E-state index contributed by atoms with van der Waals surface area (Å²) in [5, 5.41) is 8.64. The van der Waals surface area contributed by atoms with Crippen molar-refractivity contribution >= 4 is 41.4 Å². The minimum absolute atomic E-state index is 0. The van der Waals surface area contributed by atoms with Crippen LogP contribution in [0.4, 0.5) is 0 Å². The normalized spacial score (nSPS) is 16.0. The maximum absolute atomic E-state index is 12.7. The molecule has 0 saturated carbocycles. The number of thiophene rings is 1. The molecule has 136 valence electrons. The number of amides is 1. The summed E-state index contributed by atoms with van der Waals surface area (Å²) in [6, 6.07) is 12.1. The molecule has 2 aromatic rings. The van der Waals surface area contributed by atoms with E-state index in [1.807, 2.05) is 24.3 Å². The van der Waals surface area contributed by atoms with Gasteiger partial charge in [-0.3, -0.25) is 4.79 Å². The summed E-state index contributed by atoms with van der Waals surface area (Å²) in [7, 11) is 0. The van der Waals surface area contributed by atoms with Gasteiger partial charge in [0.05, 0.1) is 5.56 Å². The molecular weight excluding hydrogens is 372 g/mol. The highest BCUT2D eigenvalue weighted by Gasteiger charge is 2.27. The number of piperidine rings is 1.